The van der Waals surface area contributed by atoms with E-state index in [2.05, 4.69) is 29.2 Å². The minimum Gasteiger partial charge on any atom is -0.308 e. The van der Waals surface area contributed by atoms with Crippen molar-refractivity contribution in [3.8, 4) is 11.4 Å². The van der Waals surface area contributed by atoms with Gasteiger partial charge in [0.25, 0.3) is 0 Å². The molecule has 3 rings (SSSR count). The van der Waals surface area contributed by atoms with Crippen LogP contribution in [0.1, 0.15) is 21.8 Å². The number of nitrogens with one attached hydrogen (secondary N) is 1. The largest absolute Gasteiger partial charge is 0.308 e. The van der Waals surface area contributed by atoms with Gasteiger partial charge in [-0.3, -0.25) is 4.98 Å². The van der Waals surface area contributed by atoms with Gasteiger partial charge >= 0.3 is 0 Å². The summed E-state index contributed by atoms with van der Waals surface area (Å²) in [6.45, 7) is 8.09. The third-order valence-corrected chi connectivity index (χ3v) is 4.61. The van der Waals surface area contributed by atoms with Crippen molar-refractivity contribution in [2.24, 2.45) is 5.84 Å². The van der Waals surface area contributed by atoms with Crippen LogP contribution in [-0.4, -0.2) is 15.0 Å². The molecule has 108 valence electrons. The van der Waals surface area contributed by atoms with E-state index in [1.165, 1.54) is 10.4 Å². The number of pyridine rings is 1. The van der Waals surface area contributed by atoms with Crippen molar-refractivity contribution in [2.45, 2.75) is 27.7 Å². The maximum Gasteiger partial charge on any atom is 0.163 e. The number of anilines is 1. The Balaban J connectivity index is 2.29. The number of aryl methyl sites for hydroxylation is 4. The molecule has 21 heavy (non-hydrogen) atoms. The lowest BCUT2D eigenvalue weighted by molar-refractivity contribution is 1.11. The molecule has 3 N–H and O–H groups in total. The maximum atomic E-state index is 5.65. The monoisotopic (exact) mass is 299 g/mol. The Bertz CT molecular complexity index is 817. The Hall–Kier alpha value is -2.05. The van der Waals surface area contributed by atoms with E-state index in [9.17, 15) is 0 Å². The molecule has 0 aliphatic rings. The van der Waals surface area contributed by atoms with E-state index in [-0.39, 0.29) is 0 Å². The molecule has 3 heterocycles. The Morgan fingerprint density at radius 1 is 1.00 bits per heavy atom. The molecule has 0 bridgehead atoms. The minimum absolute atomic E-state index is 0.670. The van der Waals surface area contributed by atoms with Crippen LogP contribution in [0, 0.1) is 27.7 Å². The molecule has 3 aromatic rings. The van der Waals surface area contributed by atoms with E-state index >= 15 is 0 Å². The van der Waals surface area contributed by atoms with Crippen molar-refractivity contribution in [3.63, 3.8) is 0 Å². The van der Waals surface area contributed by atoms with Gasteiger partial charge in [-0.2, -0.15) is 0 Å². The summed E-state index contributed by atoms with van der Waals surface area (Å²) in [5.74, 6) is 6.99. The molecule has 6 heteroatoms. The zero-order chi connectivity index (χ0) is 15.1. The number of fused-ring (bicyclic) bond motifs is 1. The predicted molar refractivity (Wildman–Crippen MR) is 87.4 cm³/mol. The van der Waals surface area contributed by atoms with Crippen LogP contribution in [0.15, 0.2) is 12.1 Å². The summed E-state index contributed by atoms with van der Waals surface area (Å²) in [6, 6.07) is 3.98. The Kier molecular flexibility index (Phi) is 3.35. The van der Waals surface area contributed by atoms with Gasteiger partial charge in [-0.05, 0) is 45.4 Å². The van der Waals surface area contributed by atoms with E-state index in [0.717, 1.165) is 27.2 Å². The van der Waals surface area contributed by atoms with Crippen LogP contribution in [0.25, 0.3) is 21.6 Å². The molecule has 0 aliphatic carbocycles. The molecular weight excluding hydrogens is 282 g/mol. The number of nitrogens with zero attached hydrogens (tertiary/aromatic N) is 3. The number of hydrogen-bond donors (Lipinski definition) is 2. The number of nitrogens with two attached hydrogens (primary N) is 1. The van der Waals surface area contributed by atoms with Gasteiger partial charge < -0.3 is 5.43 Å². The SMILES string of the molecule is Cc1cc(-c2nc(NN)c3c(C)c(C)sc3n2)cc(C)n1. The Morgan fingerprint density at radius 3 is 2.29 bits per heavy atom. The lowest BCUT2D eigenvalue weighted by Crippen LogP contribution is -2.10. The molecule has 5 nitrogen and oxygen atoms in total. The summed E-state index contributed by atoms with van der Waals surface area (Å²) in [5.41, 5.74) is 6.75. The van der Waals surface area contributed by atoms with E-state index in [1.807, 2.05) is 26.0 Å². The van der Waals surface area contributed by atoms with Gasteiger partial charge in [-0.25, -0.2) is 15.8 Å². The fourth-order valence-corrected chi connectivity index (χ4v) is 3.48. The van der Waals surface area contributed by atoms with Crippen LogP contribution in [0.2, 0.25) is 0 Å². The standard InChI is InChI=1S/C15H17N5S/c1-7-5-11(6-8(2)17-7)13-18-14(20-16)12-9(3)10(4)21-15(12)19-13/h5-6H,16H2,1-4H3,(H,18,19,20). The normalized spacial score (nSPS) is 11.1. The van der Waals surface area contributed by atoms with E-state index in [0.29, 0.717) is 11.6 Å². The highest BCUT2D eigenvalue weighted by atomic mass is 32.1. The second kappa shape index (κ2) is 5.05. The Labute approximate surface area is 127 Å². The first-order valence-electron chi connectivity index (χ1n) is 6.69. The van der Waals surface area contributed by atoms with Crippen LogP contribution in [0.5, 0.6) is 0 Å². The van der Waals surface area contributed by atoms with Crippen molar-refractivity contribution in [1.29, 1.82) is 0 Å². The molecule has 3 aromatic heterocycles. The van der Waals surface area contributed by atoms with Gasteiger partial charge in [0.15, 0.2) is 11.6 Å². The average Bonchev–Trinajstić information content (AvgIpc) is 2.72. The zero-order valence-corrected chi connectivity index (χ0v) is 13.3. The summed E-state index contributed by atoms with van der Waals surface area (Å²) >= 11 is 1.66. The summed E-state index contributed by atoms with van der Waals surface area (Å²) in [5, 5.41) is 1.01. The first-order valence-corrected chi connectivity index (χ1v) is 7.51. The molecule has 0 aliphatic heterocycles. The Morgan fingerprint density at radius 2 is 1.67 bits per heavy atom. The van der Waals surface area contributed by atoms with Gasteiger partial charge in [0.2, 0.25) is 0 Å². The van der Waals surface area contributed by atoms with Crippen molar-refractivity contribution >= 4 is 27.4 Å². The molecule has 0 spiro atoms. The summed E-state index contributed by atoms with van der Waals surface area (Å²) in [6.07, 6.45) is 0. The van der Waals surface area contributed by atoms with Crippen LogP contribution in [-0.2, 0) is 0 Å². The second-order valence-corrected chi connectivity index (χ2v) is 6.35. The number of rotatable bonds is 2. The quantitative estimate of drug-likeness (QED) is 0.561. The lowest BCUT2D eigenvalue weighted by Gasteiger charge is -2.07. The molecular formula is C15H17N5S. The molecule has 0 radical (unpaired) electrons. The highest BCUT2D eigenvalue weighted by Gasteiger charge is 2.15. The second-order valence-electron chi connectivity index (χ2n) is 5.14. The van der Waals surface area contributed by atoms with Crippen molar-refractivity contribution in [3.05, 3.63) is 34.0 Å². The predicted octanol–water partition coefficient (Wildman–Crippen LogP) is 3.27. The fourth-order valence-electron chi connectivity index (χ4n) is 2.45. The highest BCUT2D eigenvalue weighted by Crippen LogP contribution is 2.34. The zero-order valence-electron chi connectivity index (χ0n) is 12.5. The van der Waals surface area contributed by atoms with E-state index < -0.39 is 0 Å². The number of nitrogen functional groups attached to an aromatic ring is 1. The van der Waals surface area contributed by atoms with Gasteiger partial charge in [0.1, 0.15) is 4.83 Å². The van der Waals surface area contributed by atoms with Gasteiger partial charge in [0, 0.05) is 21.8 Å². The van der Waals surface area contributed by atoms with Crippen LogP contribution < -0.4 is 11.3 Å². The average molecular weight is 299 g/mol. The topological polar surface area (TPSA) is 76.7 Å². The van der Waals surface area contributed by atoms with E-state index in [1.54, 1.807) is 11.3 Å². The van der Waals surface area contributed by atoms with Gasteiger partial charge in [-0.1, -0.05) is 0 Å². The lowest BCUT2D eigenvalue weighted by atomic mass is 10.1. The van der Waals surface area contributed by atoms with Gasteiger partial charge in [-0.15, -0.1) is 11.3 Å². The molecule has 0 saturated carbocycles. The summed E-state index contributed by atoms with van der Waals surface area (Å²) in [7, 11) is 0. The fraction of sp³-hybridized carbons (Fsp3) is 0.267. The van der Waals surface area contributed by atoms with Gasteiger partial charge in [0.05, 0.1) is 5.39 Å². The molecule has 0 unspecified atom stereocenters. The number of thiophene rings is 1. The molecule has 0 saturated heterocycles. The molecule has 0 atom stereocenters. The first kappa shape index (κ1) is 13.9. The molecule has 0 fully saturated rings. The third-order valence-electron chi connectivity index (χ3n) is 3.51. The molecule has 0 amide bonds. The van der Waals surface area contributed by atoms with Crippen molar-refractivity contribution < 1.29 is 0 Å². The summed E-state index contributed by atoms with van der Waals surface area (Å²) < 4.78 is 0. The minimum atomic E-state index is 0.670. The van der Waals surface area contributed by atoms with Crippen molar-refractivity contribution in [1.82, 2.24) is 15.0 Å². The number of hydrogen-bond acceptors (Lipinski definition) is 6. The third kappa shape index (κ3) is 2.36. The first-order chi connectivity index (χ1) is 9.99. The number of aromatic nitrogens is 3. The summed E-state index contributed by atoms with van der Waals surface area (Å²) in [4.78, 5) is 15.9. The number of hydrazine groups is 1. The smallest absolute Gasteiger partial charge is 0.163 e. The van der Waals surface area contributed by atoms with Crippen molar-refractivity contribution in [2.75, 3.05) is 5.43 Å². The van der Waals surface area contributed by atoms with Crippen LogP contribution in [0.4, 0.5) is 5.82 Å². The highest BCUT2D eigenvalue weighted by molar-refractivity contribution is 7.18. The molecule has 0 aromatic carbocycles. The van der Waals surface area contributed by atoms with Crippen LogP contribution >= 0.6 is 11.3 Å². The maximum absolute atomic E-state index is 5.65. The van der Waals surface area contributed by atoms with E-state index in [4.69, 9.17) is 10.8 Å². The van der Waals surface area contributed by atoms with Crippen LogP contribution in [0.3, 0.4) is 0 Å².